The van der Waals surface area contributed by atoms with Gasteiger partial charge in [0.25, 0.3) is 0 Å². The molecule has 0 saturated carbocycles. The summed E-state index contributed by atoms with van der Waals surface area (Å²) in [5, 5.41) is 0. The maximum Gasteiger partial charge on any atom is 0.338 e. The van der Waals surface area contributed by atoms with Crippen LogP contribution in [0, 0.1) is 0 Å². The minimum absolute atomic E-state index is 0.0433. The molecule has 1 saturated heterocycles. The quantitative estimate of drug-likeness (QED) is 0.210. The Bertz CT molecular complexity index is 782. The standard InChI is InChI=1S/C29H44O11/c1-2-28(30)39-12-6-4-3-5-11-37-26-9-7-25(8-10-26)29(31)40-24-27-23-36-20-19-34-16-15-32-13-14-33-17-18-35-21-22-38-27/h2,7-10,27H,1,3-6,11-24H2. The lowest BCUT2D eigenvalue weighted by molar-refractivity contribution is -0.137. The van der Waals surface area contributed by atoms with Gasteiger partial charge in [-0.3, -0.25) is 0 Å². The SMILES string of the molecule is C=CC(=O)OCCCCCCOc1ccc(C(=O)OCC2COCCOCCOCCOCCOCCO2)cc1. The van der Waals surface area contributed by atoms with Crippen LogP contribution in [-0.2, 0) is 42.7 Å². The van der Waals surface area contributed by atoms with Crippen LogP contribution in [-0.4, -0.2) is 111 Å². The summed E-state index contributed by atoms with van der Waals surface area (Å²) in [7, 11) is 0. The molecule has 1 aliphatic rings. The van der Waals surface area contributed by atoms with E-state index in [9.17, 15) is 9.59 Å². The molecule has 0 amide bonds. The van der Waals surface area contributed by atoms with E-state index in [0.29, 0.717) is 90.6 Å². The first kappa shape index (κ1) is 33.7. The fourth-order valence-corrected chi connectivity index (χ4v) is 3.43. The van der Waals surface area contributed by atoms with Crippen molar-refractivity contribution in [2.75, 3.05) is 92.5 Å². The maximum atomic E-state index is 12.6. The van der Waals surface area contributed by atoms with Crippen LogP contribution in [0.4, 0.5) is 0 Å². The predicted molar refractivity (Wildman–Crippen MR) is 146 cm³/mol. The Morgan fingerprint density at radius 2 is 1.27 bits per heavy atom. The van der Waals surface area contributed by atoms with Crippen molar-refractivity contribution in [3.05, 3.63) is 42.5 Å². The molecule has 0 bridgehead atoms. The number of rotatable bonds is 12. The molecule has 1 atom stereocenters. The molecule has 226 valence electrons. The van der Waals surface area contributed by atoms with E-state index in [1.807, 2.05) is 0 Å². The van der Waals surface area contributed by atoms with Crippen molar-refractivity contribution in [1.82, 2.24) is 0 Å². The van der Waals surface area contributed by atoms with Crippen molar-refractivity contribution in [2.45, 2.75) is 31.8 Å². The van der Waals surface area contributed by atoms with Gasteiger partial charge in [0.1, 0.15) is 18.5 Å². The number of carbonyl (C=O) groups excluding carboxylic acids is 2. The molecule has 11 heteroatoms. The molecule has 11 nitrogen and oxygen atoms in total. The van der Waals surface area contributed by atoms with Crippen LogP contribution in [0.1, 0.15) is 36.0 Å². The van der Waals surface area contributed by atoms with E-state index in [2.05, 4.69) is 6.58 Å². The van der Waals surface area contributed by atoms with Crippen LogP contribution >= 0.6 is 0 Å². The molecule has 1 unspecified atom stereocenters. The number of hydrogen-bond acceptors (Lipinski definition) is 11. The molecule has 0 aliphatic carbocycles. The van der Waals surface area contributed by atoms with Crippen molar-refractivity contribution in [2.24, 2.45) is 0 Å². The van der Waals surface area contributed by atoms with Gasteiger partial charge in [-0.2, -0.15) is 0 Å². The Labute approximate surface area is 236 Å². The highest BCUT2D eigenvalue weighted by molar-refractivity contribution is 5.89. The van der Waals surface area contributed by atoms with Crippen molar-refractivity contribution < 1.29 is 52.2 Å². The zero-order valence-electron chi connectivity index (χ0n) is 23.4. The summed E-state index contributed by atoms with van der Waals surface area (Å²) in [6, 6.07) is 6.83. The van der Waals surface area contributed by atoms with E-state index in [1.165, 1.54) is 0 Å². The minimum atomic E-state index is -0.455. The van der Waals surface area contributed by atoms with Crippen molar-refractivity contribution in [3.63, 3.8) is 0 Å². The van der Waals surface area contributed by atoms with Gasteiger partial charge in [0.15, 0.2) is 0 Å². The fourth-order valence-electron chi connectivity index (χ4n) is 3.43. The summed E-state index contributed by atoms with van der Waals surface area (Å²) in [6.07, 6.45) is 4.31. The summed E-state index contributed by atoms with van der Waals surface area (Å²) in [5.41, 5.74) is 0.418. The zero-order valence-corrected chi connectivity index (χ0v) is 23.4. The number of unbranched alkanes of at least 4 members (excludes halogenated alkanes) is 3. The summed E-state index contributed by atoms with van der Waals surface area (Å²) in [5.74, 6) is -0.172. The van der Waals surface area contributed by atoms with Gasteiger partial charge in [0, 0.05) is 6.08 Å². The second kappa shape index (κ2) is 23.2. The van der Waals surface area contributed by atoms with E-state index in [4.69, 9.17) is 42.6 Å². The summed E-state index contributed by atoms with van der Waals surface area (Å²) in [4.78, 5) is 23.6. The Hall–Kier alpha value is -2.54. The van der Waals surface area contributed by atoms with Gasteiger partial charge >= 0.3 is 11.9 Å². The molecule has 0 N–H and O–H groups in total. The predicted octanol–water partition coefficient (Wildman–Crippen LogP) is 2.99. The van der Waals surface area contributed by atoms with Crippen molar-refractivity contribution in [3.8, 4) is 5.75 Å². The molecule has 1 aromatic rings. The average Bonchev–Trinajstić information content (AvgIpc) is 2.97. The maximum absolute atomic E-state index is 12.6. The highest BCUT2D eigenvalue weighted by Crippen LogP contribution is 2.14. The Morgan fingerprint density at radius 3 is 1.88 bits per heavy atom. The second-order valence-corrected chi connectivity index (χ2v) is 8.77. The van der Waals surface area contributed by atoms with Gasteiger partial charge in [-0.25, -0.2) is 9.59 Å². The van der Waals surface area contributed by atoms with E-state index in [1.54, 1.807) is 24.3 Å². The Balaban J connectivity index is 1.65. The van der Waals surface area contributed by atoms with Crippen LogP contribution < -0.4 is 4.74 Å². The molecule has 40 heavy (non-hydrogen) atoms. The van der Waals surface area contributed by atoms with E-state index >= 15 is 0 Å². The molecule has 0 radical (unpaired) electrons. The summed E-state index contributed by atoms with van der Waals surface area (Å²) in [6.45, 7) is 9.08. The average molecular weight is 569 g/mol. The van der Waals surface area contributed by atoms with Crippen LogP contribution in [0.5, 0.6) is 5.75 Å². The smallest absolute Gasteiger partial charge is 0.338 e. The molecule has 0 spiro atoms. The number of esters is 2. The van der Waals surface area contributed by atoms with Crippen LogP contribution in [0.15, 0.2) is 36.9 Å². The zero-order chi connectivity index (χ0) is 28.5. The fraction of sp³-hybridized carbons (Fsp3) is 0.655. The van der Waals surface area contributed by atoms with E-state index < -0.39 is 18.0 Å². The normalized spacial score (nSPS) is 18.6. The highest BCUT2D eigenvalue weighted by atomic mass is 16.6. The topological polar surface area (TPSA) is 117 Å². The number of carbonyl (C=O) groups is 2. The number of hydrogen-bond donors (Lipinski definition) is 0. The Kier molecular flexibility index (Phi) is 19.5. The lowest BCUT2D eigenvalue weighted by Gasteiger charge is -2.18. The second-order valence-electron chi connectivity index (χ2n) is 8.77. The van der Waals surface area contributed by atoms with Crippen molar-refractivity contribution >= 4 is 11.9 Å². The molecule has 1 fully saturated rings. The van der Waals surface area contributed by atoms with Gasteiger partial charge < -0.3 is 42.6 Å². The van der Waals surface area contributed by atoms with Gasteiger partial charge in [-0.15, -0.1) is 0 Å². The van der Waals surface area contributed by atoms with Gasteiger partial charge in [0.05, 0.1) is 91.5 Å². The van der Waals surface area contributed by atoms with Gasteiger partial charge in [-0.1, -0.05) is 6.58 Å². The highest BCUT2D eigenvalue weighted by Gasteiger charge is 2.15. The molecular formula is C29H44O11. The summed E-state index contributed by atoms with van der Waals surface area (Å²) < 4.78 is 49.5. The molecule has 1 heterocycles. The third-order valence-corrected chi connectivity index (χ3v) is 5.58. The third-order valence-electron chi connectivity index (χ3n) is 5.58. The minimum Gasteiger partial charge on any atom is -0.494 e. The molecule has 1 aromatic carbocycles. The molecule has 1 aliphatic heterocycles. The lowest BCUT2D eigenvalue weighted by Crippen LogP contribution is -2.29. The number of ether oxygens (including phenoxy) is 9. The van der Waals surface area contributed by atoms with Crippen LogP contribution in [0.3, 0.4) is 0 Å². The first-order valence-corrected chi connectivity index (χ1v) is 13.9. The molecule has 0 aromatic heterocycles. The first-order chi connectivity index (χ1) is 19.7. The van der Waals surface area contributed by atoms with E-state index in [-0.39, 0.29) is 13.2 Å². The largest absolute Gasteiger partial charge is 0.494 e. The van der Waals surface area contributed by atoms with Gasteiger partial charge in [-0.05, 0) is 49.9 Å². The van der Waals surface area contributed by atoms with Crippen molar-refractivity contribution in [1.29, 1.82) is 0 Å². The third kappa shape index (κ3) is 17.2. The summed E-state index contributed by atoms with van der Waals surface area (Å²) >= 11 is 0. The van der Waals surface area contributed by atoms with Crippen LogP contribution in [0.2, 0.25) is 0 Å². The lowest BCUT2D eigenvalue weighted by atomic mass is 10.2. The van der Waals surface area contributed by atoms with Crippen LogP contribution in [0.25, 0.3) is 0 Å². The van der Waals surface area contributed by atoms with E-state index in [0.717, 1.165) is 31.8 Å². The van der Waals surface area contributed by atoms with Gasteiger partial charge in [0.2, 0.25) is 0 Å². The number of benzene rings is 1. The first-order valence-electron chi connectivity index (χ1n) is 13.9. The monoisotopic (exact) mass is 568 g/mol. The molecule has 2 rings (SSSR count). The Morgan fingerprint density at radius 1 is 0.725 bits per heavy atom. The molecular weight excluding hydrogens is 524 g/mol.